The number of fused-ring (bicyclic) bond motifs is 5. The molecule has 126 valence electrons. The van der Waals surface area contributed by atoms with Crippen molar-refractivity contribution in [1.82, 2.24) is 0 Å². The van der Waals surface area contributed by atoms with E-state index in [1.165, 1.54) is 12.0 Å². The Labute approximate surface area is 137 Å². The molecule has 23 heavy (non-hydrogen) atoms. The molecule has 4 aliphatic carbocycles. The highest BCUT2D eigenvalue weighted by molar-refractivity contribution is 5.91. The molecule has 4 heteroatoms. The fourth-order valence-corrected chi connectivity index (χ4v) is 6.82. The number of allylic oxidation sites excluding steroid dienone is 1. The Morgan fingerprint density at radius 1 is 1.13 bits per heavy atom. The molecule has 0 amide bonds. The fourth-order valence-electron chi connectivity index (χ4n) is 6.82. The molecule has 0 saturated heterocycles. The largest absolute Gasteiger partial charge is 0.295 e. The molecule has 4 nitrogen and oxygen atoms in total. The van der Waals surface area contributed by atoms with Crippen LogP contribution in [0.1, 0.15) is 65.2 Å². The van der Waals surface area contributed by atoms with E-state index < -0.39 is 0 Å². The van der Waals surface area contributed by atoms with Gasteiger partial charge in [-0.25, -0.2) is 0 Å². The number of rotatable bonds is 1. The van der Waals surface area contributed by atoms with Crippen molar-refractivity contribution in [3.05, 3.63) is 21.8 Å². The molecular formula is C19H27NO3. The molecule has 3 fully saturated rings. The first-order valence-electron chi connectivity index (χ1n) is 9.22. The molecule has 0 spiro atoms. The van der Waals surface area contributed by atoms with E-state index in [2.05, 4.69) is 13.8 Å². The monoisotopic (exact) mass is 317 g/mol. The first kappa shape index (κ1) is 15.3. The van der Waals surface area contributed by atoms with Crippen LogP contribution in [-0.2, 0) is 4.79 Å². The molecule has 0 aromatic heterocycles. The maximum absolute atomic E-state index is 11.8. The Balaban J connectivity index is 1.71. The van der Waals surface area contributed by atoms with E-state index >= 15 is 0 Å². The summed E-state index contributed by atoms with van der Waals surface area (Å²) in [7, 11) is 0. The third-order valence-electron chi connectivity index (χ3n) is 8.03. The zero-order valence-corrected chi connectivity index (χ0v) is 14.2. The quantitative estimate of drug-likeness (QED) is 0.539. The van der Waals surface area contributed by atoms with Gasteiger partial charge < -0.3 is 0 Å². The van der Waals surface area contributed by atoms with Crippen molar-refractivity contribution in [2.75, 3.05) is 0 Å². The number of ketones is 1. The van der Waals surface area contributed by atoms with Crippen LogP contribution in [0.15, 0.2) is 11.6 Å². The van der Waals surface area contributed by atoms with E-state index in [0.717, 1.165) is 38.5 Å². The summed E-state index contributed by atoms with van der Waals surface area (Å²) in [6.07, 6.45) is 9.62. The van der Waals surface area contributed by atoms with Gasteiger partial charge in [0.2, 0.25) is 6.04 Å². The summed E-state index contributed by atoms with van der Waals surface area (Å²) in [6, 6.07) is -0.341. The molecule has 0 bridgehead atoms. The molecule has 0 heterocycles. The molecule has 0 N–H and O–H groups in total. The van der Waals surface area contributed by atoms with Gasteiger partial charge in [-0.1, -0.05) is 19.4 Å². The molecule has 4 rings (SSSR count). The maximum atomic E-state index is 11.8. The number of carbonyl (C=O) groups is 1. The van der Waals surface area contributed by atoms with E-state index in [0.29, 0.717) is 18.3 Å². The normalized spacial score (nSPS) is 49.0. The van der Waals surface area contributed by atoms with Crippen LogP contribution >= 0.6 is 0 Å². The van der Waals surface area contributed by atoms with Crippen molar-refractivity contribution in [2.45, 2.75) is 71.3 Å². The Hall–Kier alpha value is -1.19. The van der Waals surface area contributed by atoms with Gasteiger partial charge in [-0.05, 0) is 67.3 Å². The van der Waals surface area contributed by atoms with E-state index in [4.69, 9.17) is 0 Å². The Morgan fingerprint density at radius 3 is 2.61 bits per heavy atom. The van der Waals surface area contributed by atoms with Crippen molar-refractivity contribution in [1.29, 1.82) is 0 Å². The second kappa shape index (κ2) is 4.90. The van der Waals surface area contributed by atoms with Crippen LogP contribution in [0.3, 0.4) is 0 Å². The zero-order chi connectivity index (χ0) is 16.4. The summed E-state index contributed by atoms with van der Waals surface area (Å²) in [5.74, 6) is 1.53. The molecule has 4 aliphatic rings. The summed E-state index contributed by atoms with van der Waals surface area (Å²) in [5, 5.41) is 11.6. The van der Waals surface area contributed by atoms with Crippen molar-refractivity contribution in [2.24, 2.45) is 28.6 Å². The van der Waals surface area contributed by atoms with Crippen LogP contribution in [0.5, 0.6) is 0 Å². The van der Waals surface area contributed by atoms with Crippen LogP contribution in [-0.4, -0.2) is 16.7 Å². The van der Waals surface area contributed by atoms with Crippen LogP contribution in [0, 0.1) is 38.7 Å². The Bertz CT molecular complexity index is 597. The minimum atomic E-state index is -0.341. The lowest BCUT2D eigenvalue weighted by molar-refractivity contribution is -0.534. The highest BCUT2D eigenvalue weighted by atomic mass is 16.6. The molecule has 3 saturated carbocycles. The SMILES string of the molecule is C[C@@]12CCC([N+](=O)[O-])[C@H]1[C@@H]1CCC3=CC(=O)CC[C@]3(C)[C@H]1CC2. The predicted octanol–water partition coefficient (Wildman–Crippen LogP) is 4.16. The lowest BCUT2D eigenvalue weighted by Gasteiger charge is -2.57. The Kier molecular flexibility index (Phi) is 3.27. The number of nitrogens with zero attached hydrogens (tertiary/aromatic N) is 1. The lowest BCUT2D eigenvalue weighted by Crippen LogP contribution is -2.52. The number of hydrogen-bond donors (Lipinski definition) is 0. The van der Waals surface area contributed by atoms with Crippen LogP contribution in [0.25, 0.3) is 0 Å². The van der Waals surface area contributed by atoms with Gasteiger partial charge in [0.15, 0.2) is 5.78 Å². The standard InChI is InChI=1S/C19H27NO3/c1-18-8-6-15-14(17(18)16(7-9-18)20(22)23)4-3-12-11-13(21)5-10-19(12,15)2/h11,14-17H,3-10H2,1-2H3/t14-,15+,16?,17-,18-,19+/m1/s1. The molecule has 6 atom stereocenters. The van der Waals surface area contributed by atoms with E-state index in [9.17, 15) is 14.9 Å². The van der Waals surface area contributed by atoms with Crippen molar-refractivity contribution < 1.29 is 9.72 Å². The fraction of sp³-hybridized carbons (Fsp3) is 0.842. The van der Waals surface area contributed by atoms with E-state index in [1.54, 1.807) is 0 Å². The molecule has 1 unspecified atom stereocenters. The van der Waals surface area contributed by atoms with Gasteiger partial charge in [-0.15, -0.1) is 0 Å². The maximum Gasteiger partial charge on any atom is 0.216 e. The van der Waals surface area contributed by atoms with Gasteiger partial charge in [0.25, 0.3) is 0 Å². The van der Waals surface area contributed by atoms with Crippen molar-refractivity contribution in [3.8, 4) is 0 Å². The van der Waals surface area contributed by atoms with Crippen molar-refractivity contribution >= 4 is 5.78 Å². The van der Waals surface area contributed by atoms with E-state index in [-0.39, 0.29) is 33.5 Å². The van der Waals surface area contributed by atoms with Crippen LogP contribution in [0.2, 0.25) is 0 Å². The molecule has 0 radical (unpaired) electrons. The second-order valence-electron chi connectivity index (χ2n) is 8.97. The summed E-state index contributed by atoms with van der Waals surface area (Å²) in [4.78, 5) is 23.5. The van der Waals surface area contributed by atoms with Crippen LogP contribution < -0.4 is 0 Å². The number of carbonyl (C=O) groups excluding carboxylic acids is 1. The first-order valence-corrected chi connectivity index (χ1v) is 9.22. The van der Waals surface area contributed by atoms with Crippen LogP contribution in [0.4, 0.5) is 0 Å². The van der Waals surface area contributed by atoms with Gasteiger partial charge in [0, 0.05) is 23.7 Å². The third-order valence-corrected chi connectivity index (χ3v) is 8.03. The molecule has 0 aromatic rings. The topological polar surface area (TPSA) is 60.2 Å². The first-order chi connectivity index (χ1) is 10.8. The average Bonchev–Trinajstić information content (AvgIpc) is 2.86. The lowest BCUT2D eigenvalue weighted by atomic mass is 9.47. The summed E-state index contributed by atoms with van der Waals surface area (Å²) < 4.78 is 0. The van der Waals surface area contributed by atoms with E-state index in [1.807, 2.05) is 6.08 Å². The Morgan fingerprint density at radius 2 is 1.87 bits per heavy atom. The zero-order valence-electron chi connectivity index (χ0n) is 14.2. The summed E-state index contributed by atoms with van der Waals surface area (Å²) in [6.45, 7) is 4.64. The number of hydrogen-bond acceptors (Lipinski definition) is 3. The van der Waals surface area contributed by atoms with Gasteiger partial charge >= 0.3 is 0 Å². The average molecular weight is 317 g/mol. The summed E-state index contributed by atoms with van der Waals surface area (Å²) in [5.41, 5.74) is 1.62. The third kappa shape index (κ3) is 2.06. The van der Waals surface area contributed by atoms with Gasteiger partial charge in [0.05, 0.1) is 0 Å². The number of nitro groups is 1. The van der Waals surface area contributed by atoms with Gasteiger partial charge in [-0.2, -0.15) is 0 Å². The summed E-state index contributed by atoms with van der Waals surface area (Å²) >= 11 is 0. The highest BCUT2D eigenvalue weighted by Crippen LogP contribution is 2.65. The minimum absolute atomic E-state index is 0.0103. The second-order valence-corrected chi connectivity index (χ2v) is 8.97. The minimum Gasteiger partial charge on any atom is -0.295 e. The van der Waals surface area contributed by atoms with Gasteiger partial charge in [-0.3, -0.25) is 14.9 Å². The predicted molar refractivity (Wildman–Crippen MR) is 87.5 cm³/mol. The molecular weight excluding hydrogens is 290 g/mol. The molecule has 0 aromatic carbocycles. The van der Waals surface area contributed by atoms with Gasteiger partial charge in [0.1, 0.15) is 0 Å². The molecule has 0 aliphatic heterocycles. The van der Waals surface area contributed by atoms with Crippen molar-refractivity contribution in [3.63, 3.8) is 0 Å². The smallest absolute Gasteiger partial charge is 0.216 e. The highest BCUT2D eigenvalue weighted by Gasteiger charge is 2.62.